The average Bonchev–Trinajstić information content (AvgIpc) is 3.12. The topological polar surface area (TPSA) is 46.9 Å². The van der Waals surface area contributed by atoms with E-state index in [0.29, 0.717) is 13.0 Å². The van der Waals surface area contributed by atoms with Crippen LogP contribution in [-0.4, -0.2) is 33.5 Å². The molecule has 0 unspecified atom stereocenters. The zero-order valence-corrected chi connectivity index (χ0v) is 14.1. The van der Waals surface area contributed by atoms with E-state index < -0.39 is 0 Å². The molecule has 3 heterocycles. The van der Waals surface area contributed by atoms with Crippen molar-refractivity contribution < 1.29 is 4.79 Å². The number of amides is 1. The Labute approximate surface area is 141 Å². The van der Waals surface area contributed by atoms with Crippen molar-refractivity contribution in [3.63, 3.8) is 0 Å². The van der Waals surface area contributed by atoms with E-state index in [1.807, 2.05) is 42.1 Å². The Morgan fingerprint density at radius 1 is 1.22 bits per heavy atom. The minimum absolute atomic E-state index is 0.0518. The van der Waals surface area contributed by atoms with Crippen molar-refractivity contribution in [1.29, 1.82) is 0 Å². The number of thioether (sulfide) groups is 1. The average molecular weight is 329 g/mol. The summed E-state index contributed by atoms with van der Waals surface area (Å²) in [7, 11) is 0. The molecule has 2 aromatic rings. The molecule has 0 atom stereocenters. The molecule has 0 aromatic carbocycles. The smallest absolute Gasteiger partial charge is 0.222 e. The Morgan fingerprint density at radius 2 is 2.00 bits per heavy atom. The number of aromatic nitrogens is 2. The maximum atomic E-state index is 12.5. The van der Waals surface area contributed by atoms with Crippen LogP contribution >= 0.6 is 11.8 Å². The van der Waals surface area contributed by atoms with Crippen LogP contribution in [0.1, 0.15) is 25.0 Å². The minimum atomic E-state index is -0.0518. The predicted molar refractivity (Wildman–Crippen MR) is 94.5 cm³/mol. The van der Waals surface area contributed by atoms with Crippen molar-refractivity contribution >= 4 is 17.7 Å². The predicted octanol–water partition coefficient (Wildman–Crippen LogP) is 2.85. The SMILES string of the molecule is O=C(CC1(n2cccc2)CCSCC1)NCCc1ccccn1. The largest absolute Gasteiger partial charge is 0.356 e. The van der Waals surface area contributed by atoms with Crippen LogP contribution in [0.5, 0.6) is 0 Å². The van der Waals surface area contributed by atoms with E-state index in [2.05, 4.69) is 27.3 Å². The van der Waals surface area contributed by atoms with Gasteiger partial charge in [0.15, 0.2) is 0 Å². The standard InChI is InChI=1S/C18H23N3OS/c22-17(20-10-6-16-5-1-2-9-19-16)15-18(7-13-23-14-8-18)21-11-3-4-12-21/h1-5,9,11-12H,6-8,10,13-15H2,(H,20,22). The third-order valence-corrected chi connectivity index (χ3v) is 5.48. The summed E-state index contributed by atoms with van der Waals surface area (Å²) in [5.74, 6) is 2.39. The number of hydrogen-bond donors (Lipinski definition) is 1. The summed E-state index contributed by atoms with van der Waals surface area (Å²) in [6, 6.07) is 9.96. The lowest BCUT2D eigenvalue weighted by molar-refractivity contribution is -0.123. The Balaban J connectivity index is 1.56. The number of rotatable bonds is 6. The number of carbonyl (C=O) groups is 1. The van der Waals surface area contributed by atoms with E-state index in [0.717, 1.165) is 36.5 Å². The van der Waals surface area contributed by atoms with Gasteiger partial charge in [-0.1, -0.05) is 6.07 Å². The van der Waals surface area contributed by atoms with Crippen molar-refractivity contribution in [2.24, 2.45) is 0 Å². The molecule has 1 N–H and O–H groups in total. The van der Waals surface area contributed by atoms with Crippen LogP contribution in [0.2, 0.25) is 0 Å². The number of nitrogens with one attached hydrogen (secondary N) is 1. The third kappa shape index (κ3) is 4.16. The Kier molecular flexibility index (Phi) is 5.39. The van der Waals surface area contributed by atoms with Crippen molar-refractivity contribution in [3.8, 4) is 0 Å². The van der Waals surface area contributed by atoms with Crippen LogP contribution in [0.25, 0.3) is 0 Å². The van der Waals surface area contributed by atoms with E-state index in [-0.39, 0.29) is 11.4 Å². The van der Waals surface area contributed by atoms with E-state index in [1.54, 1.807) is 6.20 Å². The van der Waals surface area contributed by atoms with Crippen molar-refractivity contribution in [1.82, 2.24) is 14.9 Å². The summed E-state index contributed by atoms with van der Waals surface area (Å²) in [6.07, 6.45) is 9.43. The maximum absolute atomic E-state index is 12.5. The molecule has 3 rings (SSSR count). The van der Waals surface area contributed by atoms with Gasteiger partial charge in [0.05, 0.1) is 12.0 Å². The highest BCUT2D eigenvalue weighted by Gasteiger charge is 2.35. The monoisotopic (exact) mass is 329 g/mol. The van der Waals surface area contributed by atoms with E-state index in [1.165, 1.54) is 0 Å². The van der Waals surface area contributed by atoms with Crippen molar-refractivity contribution in [3.05, 3.63) is 54.6 Å². The molecule has 1 fully saturated rings. The van der Waals surface area contributed by atoms with Gasteiger partial charge in [0, 0.05) is 37.3 Å². The van der Waals surface area contributed by atoms with E-state index in [4.69, 9.17) is 0 Å². The van der Waals surface area contributed by atoms with Crippen LogP contribution in [-0.2, 0) is 16.8 Å². The molecular formula is C18H23N3OS. The van der Waals surface area contributed by atoms with Crippen LogP contribution in [0, 0.1) is 0 Å². The summed E-state index contributed by atoms with van der Waals surface area (Å²) >= 11 is 1.98. The van der Waals surface area contributed by atoms with Crippen LogP contribution in [0.3, 0.4) is 0 Å². The third-order valence-electron chi connectivity index (χ3n) is 4.49. The van der Waals surface area contributed by atoms with Crippen molar-refractivity contribution in [2.45, 2.75) is 31.2 Å². The molecule has 4 nitrogen and oxygen atoms in total. The Morgan fingerprint density at radius 3 is 2.70 bits per heavy atom. The van der Waals surface area contributed by atoms with E-state index >= 15 is 0 Å². The first kappa shape index (κ1) is 16.1. The van der Waals surface area contributed by atoms with Gasteiger partial charge >= 0.3 is 0 Å². The van der Waals surface area contributed by atoms with Crippen molar-refractivity contribution in [2.75, 3.05) is 18.1 Å². The lowest BCUT2D eigenvalue weighted by Crippen LogP contribution is -2.42. The molecule has 1 aliphatic rings. The summed E-state index contributed by atoms with van der Waals surface area (Å²) in [4.78, 5) is 16.7. The normalized spacial score (nSPS) is 16.9. The molecule has 2 aromatic heterocycles. The maximum Gasteiger partial charge on any atom is 0.222 e. The quantitative estimate of drug-likeness (QED) is 0.886. The number of pyridine rings is 1. The molecule has 0 saturated carbocycles. The molecule has 1 saturated heterocycles. The zero-order valence-electron chi connectivity index (χ0n) is 13.3. The zero-order chi connectivity index (χ0) is 16.0. The first-order valence-electron chi connectivity index (χ1n) is 8.16. The van der Waals surface area contributed by atoms with E-state index in [9.17, 15) is 4.79 Å². The lowest BCUT2D eigenvalue weighted by atomic mass is 9.87. The first-order valence-corrected chi connectivity index (χ1v) is 9.32. The highest BCUT2D eigenvalue weighted by molar-refractivity contribution is 7.99. The molecule has 122 valence electrons. The fourth-order valence-electron chi connectivity index (χ4n) is 3.17. The number of carbonyl (C=O) groups excluding carboxylic acids is 1. The summed E-state index contributed by atoms with van der Waals surface area (Å²) in [5.41, 5.74) is 0.964. The molecular weight excluding hydrogens is 306 g/mol. The second kappa shape index (κ2) is 7.68. The summed E-state index contributed by atoms with van der Waals surface area (Å²) in [5, 5.41) is 3.07. The fourth-order valence-corrected chi connectivity index (χ4v) is 4.42. The van der Waals surface area contributed by atoms with Gasteiger partial charge in [-0.15, -0.1) is 0 Å². The number of nitrogens with zero attached hydrogens (tertiary/aromatic N) is 2. The lowest BCUT2D eigenvalue weighted by Gasteiger charge is -2.38. The van der Waals surface area contributed by atoms with Gasteiger partial charge in [0.1, 0.15) is 0 Å². The molecule has 0 spiro atoms. The fraction of sp³-hybridized carbons (Fsp3) is 0.444. The molecule has 1 aliphatic heterocycles. The molecule has 23 heavy (non-hydrogen) atoms. The van der Waals surface area contributed by atoms with Gasteiger partial charge in [-0.05, 0) is 48.6 Å². The van der Waals surface area contributed by atoms with Gasteiger partial charge < -0.3 is 9.88 Å². The highest BCUT2D eigenvalue weighted by Crippen LogP contribution is 2.36. The minimum Gasteiger partial charge on any atom is -0.356 e. The molecule has 1 amide bonds. The van der Waals surface area contributed by atoms with Gasteiger partial charge in [-0.25, -0.2) is 0 Å². The van der Waals surface area contributed by atoms with Gasteiger partial charge in [-0.2, -0.15) is 11.8 Å². The second-order valence-electron chi connectivity index (χ2n) is 6.02. The first-order chi connectivity index (χ1) is 11.3. The highest BCUT2D eigenvalue weighted by atomic mass is 32.2. The molecule has 0 radical (unpaired) electrons. The van der Waals surface area contributed by atoms with Crippen LogP contribution in [0.15, 0.2) is 48.9 Å². The van der Waals surface area contributed by atoms with Crippen LogP contribution in [0.4, 0.5) is 0 Å². The van der Waals surface area contributed by atoms with Gasteiger partial charge in [0.2, 0.25) is 5.91 Å². The Bertz CT molecular complexity index is 606. The van der Waals surface area contributed by atoms with Gasteiger partial charge in [-0.3, -0.25) is 9.78 Å². The van der Waals surface area contributed by atoms with Gasteiger partial charge in [0.25, 0.3) is 0 Å². The number of hydrogen-bond acceptors (Lipinski definition) is 3. The molecule has 0 bridgehead atoms. The Hall–Kier alpha value is -1.75. The molecule has 0 aliphatic carbocycles. The molecule has 5 heteroatoms. The second-order valence-corrected chi connectivity index (χ2v) is 7.25. The summed E-state index contributed by atoms with van der Waals surface area (Å²) < 4.78 is 2.24. The van der Waals surface area contributed by atoms with Crippen LogP contribution < -0.4 is 5.32 Å². The summed E-state index contributed by atoms with van der Waals surface area (Å²) in [6.45, 7) is 0.645.